The lowest BCUT2D eigenvalue weighted by Crippen LogP contribution is -2.43. The van der Waals surface area contributed by atoms with Gasteiger partial charge in [0.1, 0.15) is 12.4 Å². The van der Waals surface area contributed by atoms with E-state index >= 15 is 0 Å². The Morgan fingerprint density at radius 3 is 2.86 bits per heavy atom. The lowest BCUT2D eigenvalue weighted by atomic mass is 9.91. The Labute approximate surface area is 123 Å². The van der Waals surface area contributed by atoms with Crippen molar-refractivity contribution in [3.63, 3.8) is 0 Å². The molecule has 108 valence electrons. The Morgan fingerprint density at radius 2 is 2.05 bits per heavy atom. The average Bonchev–Trinajstić information content (AvgIpc) is 2.99. The van der Waals surface area contributed by atoms with Gasteiger partial charge in [-0.2, -0.15) is 0 Å². The highest BCUT2D eigenvalue weighted by Crippen LogP contribution is 2.40. The van der Waals surface area contributed by atoms with Crippen LogP contribution in [-0.2, 0) is 4.74 Å². The van der Waals surface area contributed by atoms with Crippen molar-refractivity contribution in [2.24, 2.45) is 5.92 Å². The van der Waals surface area contributed by atoms with Crippen LogP contribution in [0.4, 0.5) is 5.95 Å². The maximum atomic E-state index is 6.22. The van der Waals surface area contributed by atoms with Gasteiger partial charge in [0, 0.05) is 31.7 Å². The summed E-state index contributed by atoms with van der Waals surface area (Å²) in [6.45, 7) is 1.85. The van der Waals surface area contributed by atoms with E-state index in [1.807, 2.05) is 12.1 Å². The van der Waals surface area contributed by atoms with Crippen molar-refractivity contribution in [2.75, 3.05) is 18.0 Å². The molecule has 2 fully saturated rings. The van der Waals surface area contributed by atoms with Crippen molar-refractivity contribution in [2.45, 2.75) is 25.0 Å². The number of fused-ring (bicyclic) bond motifs is 1. The van der Waals surface area contributed by atoms with Gasteiger partial charge < -0.3 is 9.64 Å². The molecule has 3 atom stereocenters. The highest BCUT2D eigenvalue weighted by molar-refractivity contribution is 5.30. The second-order valence-corrected chi connectivity index (χ2v) is 5.58. The lowest BCUT2D eigenvalue weighted by molar-refractivity contribution is 0.0296. The first-order valence-electron chi connectivity index (χ1n) is 7.33. The summed E-state index contributed by atoms with van der Waals surface area (Å²) in [4.78, 5) is 19.2. The SMILES string of the molecule is c1cnc(N2CC[C@H]3C[C@H](c4ccncn4)O[C@@H]3C2)nc1. The summed E-state index contributed by atoms with van der Waals surface area (Å²) in [5.41, 5.74) is 0.988. The monoisotopic (exact) mass is 283 g/mol. The van der Waals surface area contributed by atoms with Crippen molar-refractivity contribution in [1.82, 2.24) is 19.9 Å². The topological polar surface area (TPSA) is 64.0 Å². The van der Waals surface area contributed by atoms with E-state index in [0.29, 0.717) is 5.92 Å². The third-order valence-corrected chi connectivity index (χ3v) is 4.32. The Bertz CT molecular complexity index is 556. The van der Waals surface area contributed by atoms with Crippen LogP contribution in [0, 0.1) is 5.92 Å². The molecule has 2 aromatic heterocycles. The Hall–Kier alpha value is -2.08. The third-order valence-electron chi connectivity index (χ3n) is 4.32. The van der Waals surface area contributed by atoms with Crippen LogP contribution < -0.4 is 4.90 Å². The van der Waals surface area contributed by atoms with Crippen LogP contribution in [0.25, 0.3) is 0 Å². The van der Waals surface area contributed by atoms with Crippen LogP contribution in [0.1, 0.15) is 24.6 Å². The van der Waals surface area contributed by atoms with E-state index in [0.717, 1.165) is 37.6 Å². The van der Waals surface area contributed by atoms with Crippen molar-refractivity contribution in [3.8, 4) is 0 Å². The summed E-state index contributed by atoms with van der Waals surface area (Å²) < 4.78 is 6.22. The highest BCUT2D eigenvalue weighted by atomic mass is 16.5. The molecule has 0 bridgehead atoms. The maximum absolute atomic E-state index is 6.22. The summed E-state index contributed by atoms with van der Waals surface area (Å²) in [5, 5.41) is 0. The molecule has 0 saturated carbocycles. The van der Waals surface area contributed by atoms with Crippen LogP contribution >= 0.6 is 0 Å². The molecule has 0 radical (unpaired) electrons. The molecule has 21 heavy (non-hydrogen) atoms. The molecule has 0 unspecified atom stereocenters. The number of piperidine rings is 1. The van der Waals surface area contributed by atoms with Crippen molar-refractivity contribution in [1.29, 1.82) is 0 Å². The summed E-state index contributed by atoms with van der Waals surface area (Å²) in [6, 6.07) is 3.79. The molecule has 0 spiro atoms. The molecule has 0 aliphatic carbocycles. The van der Waals surface area contributed by atoms with Crippen LogP contribution in [-0.4, -0.2) is 39.1 Å². The minimum Gasteiger partial charge on any atom is -0.367 e. The van der Waals surface area contributed by atoms with E-state index in [1.165, 1.54) is 0 Å². The van der Waals surface area contributed by atoms with Gasteiger partial charge in [-0.05, 0) is 30.9 Å². The van der Waals surface area contributed by atoms with Gasteiger partial charge in [-0.25, -0.2) is 19.9 Å². The highest BCUT2D eigenvalue weighted by Gasteiger charge is 2.40. The summed E-state index contributed by atoms with van der Waals surface area (Å²) in [6.07, 6.45) is 9.43. The Balaban J connectivity index is 1.47. The van der Waals surface area contributed by atoms with Crippen LogP contribution in [0.15, 0.2) is 37.1 Å². The van der Waals surface area contributed by atoms with E-state index < -0.39 is 0 Å². The minimum absolute atomic E-state index is 0.0969. The normalized spacial score (nSPS) is 28.4. The Kier molecular flexibility index (Phi) is 3.23. The predicted octanol–water partition coefficient (Wildman–Crippen LogP) is 1.62. The lowest BCUT2D eigenvalue weighted by Gasteiger charge is -2.33. The predicted molar refractivity (Wildman–Crippen MR) is 76.6 cm³/mol. The van der Waals surface area contributed by atoms with E-state index in [9.17, 15) is 0 Å². The van der Waals surface area contributed by atoms with Crippen LogP contribution in [0.3, 0.4) is 0 Å². The molecule has 0 amide bonds. The fourth-order valence-electron chi connectivity index (χ4n) is 3.25. The first-order valence-corrected chi connectivity index (χ1v) is 7.33. The van der Waals surface area contributed by atoms with E-state index in [1.54, 1.807) is 24.9 Å². The van der Waals surface area contributed by atoms with Gasteiger partial charge in [0.2, 0.25) is 5.95 Å². The summed E-state index contributed by atoms with van der Waals surface area (Å²) in [7, 11) is 0. The first-order chi connectivity index (χ1) is 10.4. The molecule has 6 heteroatoms. The number of nitrogens with zero attached hydrogens (tertiary/aromatic N) is 5. The number of ether oxygens (including phenoxy) is 1. The second-order valence-electron chi connectivity index (χ2n) is 5.58. The molecule has 0 aromatic carbocycles. The fourth-order valence-corrected chi connectivity index (χ4v) is 3.25. The molecule has 2 aliphatic rings. The number of aromatic nitrogens is 4. The van der Waals surface area contributed by atoms with Gasteiger partial charge >= 0.3 is 0 Å². The first kappa shape index (κ1) is 12.6. The number of hydrogen-bond acceptors (Lipinski definition) is 6. The fraction of sp³-hybridized carbons (Fsp3) is 0.467. The Morgan fingerprint density at radius 1 is 1.14 bits per heavy atom. The van der Waals surface area contributed by atoms with Crippen molar-refractivity contribution >= 4 is 5.95 Å². The quantitative estimate of drug-likeness (QED) is 0.834. The molecule has 4 heterocycles. The van der Waals surface area contributed by atoms with E-state index in [4.69, 9.17) is 4.74 Å². The third kappa shape index (κ3) is 2.47. The zero-order chi connectivity index (χ0) is 14.1. The van der Waals surface area contributed by atoms with Crippen LogP contribution in [0.5, 0.6) is 0 Å². The zero-order valence-electron chi connectivity index (χ0n) is 11.7. The van der Waals surface area contributed by atoms with Gasteiger partial charge in [0.05, 0.1) is 11.8 Å². The van der Waals surface area contributed by atoms with Crippen molar-refractivity contribution in [3.05, 3.63) is 42.7 Å². The summed E-state index contributed by atoms with van der Waals surface area (Å²) in [5.74, 6) is 1.40. The van der Waals surface area contributed by atoms with Gasteiger partial charge in [-0.3, -0.25) is 0 Å². The maximum Gasteiger partial charge on any atom is 0.225 e. The molecule has 0 N–H and O–H groups in total. The molecule has 2 aromatic rings. The summed E-state index contributed by atoms with van der Waals surface area (Å²) >= 11 is 0. The number of hydrogen-bond donors (Lipinski definition) is 0. The van der Waals surface area contributed by atoms with Gasteiger partial charge in [-0.1, -0.05) is 0 Å². The smallest absolute Gasteiger partial charge is 0.225 e. The molecular weight excluding hydrogens is 266 g/mol. The average molecular weight is 283 g/mol. The molecule has 6 nitrogen and oxygen atoms in total. The van der Waals surface area contributed by atoms with Gasteiger partial charge in [0.25, 0.3) is 0 Å². The number of rotatable bonds is 2. The van der Waals surface area contributed by atoms with Crippen LogP contribution in [0.2, 0.25) is 0 Å². The van der Waals surface area contributed by atoms with E-state index in [2.05, 4.69) is 24.8 Å². The second kappa shape index (κ2) is 5.37. The van der Waals surface area contributed by atoms with Gasteiger partial charge in [0.15, 0.2) is 0 Å². The largest absolute Gasteiger partial charge is 0.367 e. The minimum atomic E-state index is 0.0969. The molecule has 2 aliphatic heterocycles. The van der Waals surface area contributed by atoms with Crippen molar-refractivity contribution < 1.29 is 4.74 Å². The van der Waals surface area contributed by atoms with Gasteiger partial charge in [-0.15, -0.1) is 0 Å². The molecule has 2 saturated heterocycles. The van der Waals surface area contributed by atoms with E-state index in [-0.39, 0.29) is 12.2 Å². The molecular formula is C15H17N5O. The molecule has 4 rings (SSSR count). The standard InChI is InChI=1S/C15H17N5O/c1-4-17-15(18-5-1)20-7-3-11-8-13(21-14(11)9-20)12-2-6-16-10-19-12/h1-2,4-6,10-11,13-14H,3,7-9H2/t11-,13+,14+/m0/s1. The zero-order valence-corrected chi connectivity index (χ0v) is 11.7. The number of anilines is 1.